The van der Waals surface area contributed by atoms with Crippen LogP contribution in [0.4, 0.5) is 8.78 Å². The number of ether oxygens (including phenoxy) is 1. The van der Waals surface area contributed by atoms with Crippen LogP contribution in [-0.2, 0) is 5.41 Å². The lowest BCUT2D eigenvalue weighted by molar-refractivity contribution is -0.527. The Bertz CT molecular complexity index is 1040. The molecule has 144 valence electrons. The molecule has 0 aliphatic heterocycles. The van der Waals surface area contributed by atoms with Crippen molar-refractivity contribution in [3.05, 3.63) is 76.0 Å². The Hall–Kier alpha value is -3.29. The van der Waals surface area contributed by atoms with Crippen molar-refractivity contribution in [2.24, 2.45) is 0 Å². The van der Waals surface area contributed by atoms with Crippen LogP contribution in [0.25, 0.3) is 11.0 Å². The Labute approximate surface area is 157 Å². The summed E-state index contributed by atoms with van der Waals surface area (Å²) in [6, 6.07) is 13.5. The van der Waals surface area contributed by atoms with Gasteiger partial charge < -0.3 is 9.15 Å². The summed E-state index contributed by atoms with van der Waals surface area (Å²) in [7, 11) is 1.43. The van der Waals surface area contributed by atoms with Gasteiger partial charge in [-0.25, -0.2) is 8.78 Å². The number of para-hydroxylation sites is 1. The quantitative estimate of drug-likeness (QED) is 0.359. The maximum absolute atomic E-state index is 14.2. The number of nitro groups is 1. The highest BCUT2D eigenvalue weighted by Gasteiger charge is 2.88. The number of hydrogen-bond donors (Lipinski definition) is 0. The molecule has 1 aromatic heterocycles. The number of halogens is 2. The first kappa shape index (κ1) is 18.1. The van der Waals surface area contributed by atoms with E-state index >= 15 is 0 Å². The fraction of sp³-hybridized carbons (Fsp3) is 0.250. The molecular formula is C20H15F2NO5. The fourth-order valence-electron chi connectivity index (χ4n) is 3.79. The lowest BCUT2D eigenvalue weighted by atomic mass is 9.90. The maximum Gasteiger partial charge on any atom is 0.303 e. The lowest BCUT2D eigenvalue weighted by Gasteiger charge is -2.17. The Morgan fingerprint density at radius 3 is 2.46 bits per heavy atom. The van der Waals surface area contributed by atoms with Crippen molar-refractivity contribution in [3.8, 4) is 5.75 Å². The molecule has 28 heavy (non-hydrogen) atoms. The van der Waals surface area contributed by atoms with Gasteiger partial charge in [0.15, 0.2) is 5.41 Å². The number of furan rings is 1. The minimum Gasteiger partial charge on any atom is -0.497 e. The van der Waals surface area contributed by atoms with Gasteiger partial charge in [0.25, 0.3) is 6.43 Å². The van der Waals surface area contributed by atoms with Gasteiger partial charge in [0.1, 0.15) is 17.1 Å². The van der Waals surface area contributed by atoms with Crippen molar-refractivity contribution in [1.82, 2.24) is 0 Å². The molecule has 6 nitrogen and oxygen atoms in total. The molecule has 0 unspecified atom stereocenters. The van der Waals surface area contributed by atoms with Crippen molar-refractivity contribution in [3.63, 3.8) is 0 Å². The standard InChI is InChI=1S/C20H15F2NO5/c1-27-14-8-6-12(7-9-14)17(24)20(23(25)26)11-19(20,18(21)22)16-10-13-4-2-3-5-15(13)28-16/h2-10,18H,11H2,1H3/t19-,20+/m0/s1. The Kier molecular flexibility index (Phi) is 3.95. The zero-order valence-electron chi connectivity index (χ0n) is 14.7. The molecular weight excluding hydrogens is 372 g/mol. The van der Waals surface area contributed by atoms with Crippen molar-refractivity contribution in [2.45, 2.75) is 23.8 Å². The van der Waals surface area contributed by atoms with E-state index in [0.29, 0.717) is 16.7 Å². The summed E-state index contributed by atoms with van der Waals surface area (Å²) in [5.41, 5.74) is -4.49. The van der Waals surface area contributed by atoms with Crippen molar-refractivity contribution in [2.75, 3.05) is 7.11 Å². The van der Waals surface area contributed by atoms with Gasteiger partial charge in [-0.05, 0) is 36.4 Å². The third kappa shape index (κ3) is 2.27. The van der Waals surface area contributed by atoms with E-state index in [1.807, 2.05) is 0 Å². The smallest absolute Gasteiger partial charge is 0.303 e. The SMILES string of the molecule is COc1ccc(C(=O)[C@]2([N+](=O)[O-])C[C@]2(c2cc3ccccc3o2)C(F)F)cc1. The van der Waals surface area contributed by atoms with Gasteiger partial charge in [-0.3, -0.25) is 14.9 Å². The molecule has 1 heterocycles. The van der Waals surface area contributed by atoms with E-state index in [-0.39, 0.29) is 11.3 Å². The molecule has 4 rings (SSSR count). The molecule has 3 aromatic rings. The van der Waals surface area contributed by atoms with Crippen LogP contribution in [0, 0.1) is 10.1 Å². The highest BCUT2D eigenvalue weighted by Crippen LogP contribution is 2.64. The van der Waals surface area contributed by atoms with Crippen LogP contribution in [0.2, 0.25) is 0 Å². The number of ketones is 1. The van der Waals surface area contributed by atoms with Gasteiger partial charge in [0, 0.05) is 15.9 Å². The lowest BCUT2D eigenvalue weighted by Crippen LogP contribution is -2.43. The molecule has 1 fully saturated rings. The highest BCUT2D eigenvalue weighted by atomic mass is 19.3. The predicted molar refractivity (Wildman–Crippen MR) is 95.6 cm³/mol. The maximum atomic E-state index is 14.2. The molecule has 0 spiro atoms. The van der Waals surface area contributed by atoms with Gasteiger partial charge in [-0.1, -0.05) is 18.2 Å². The Morgan fingerprint density at radius 1 is 1.21 bits per heavy atom. The summed E-state index contributed by atoms with van der Waals surface area (Å²) < 4.78 is 38.9. The first-order chi connectivity index (χ1) is 13.4. The monoisotopic (exact) mass is 387 g/mol. The molecule has 0 bridgehead atoms. The second kappa shape index (κ2) is 6.12. The number of alkyl halides is 2. The zero-order chi connectivity index (χ0) is 20.1. The Morgan fingerprint density at radius 2 is 1.89 bits per heavy atom. The molecule has 2 atom stereocenters. The number of fused-ring (bicyclic) bond motifs is 1. The molecule has 8 heteroatoms. The van der Waals surface area contributed by atoms with E-state index < -0.39 is 34.5 Å². The predicted octanol–water partition coefficient (Wildman–Crippen LogP) is 4.25. The van der Waals surface area contributed by atoms with Crippen molar-refractivity contribution >= 4 is 16.8 Å². The minimum atomic E-state index is -3.15. The first-order valence-electron chi connectivity index (χ1n) is 8.47. The third-order valence-electron chi connectivity index (χ3n) is 5.42. The minimum absolute atomic E-state index is 0.0314. The van der Waals surface area contributed by atoms with Crippen LogP contribution in [0.5, 0.6) is 5.75 Å². The largest absolute Gasteiger partial charge is 0.497 e. The molecule has 1 aliphatic rings. The number of carbonyl (C=O) groups is 1. The molecule has 0 saturated heterocycles. The number of carbonyl (C=O) groups excluding carboxylic acids is 1. The van der Waals surface area contributed by atoms with Gasteiger partial charge in [-0.15, -0.1) is 0 Å². The van der Waals surface area contributed by atoms with E-state index in [9.17, 15) is 23.7 Å². The summed E-state index contributed by atoms with van der Waals surface area (Å²) in [6.45, 7) is 0. The number of rotatable bonds is 6. The van der Waals surface area contributed by atoms with E-state index in [4.69, 9.17) is 9.15 Å². The van der Waals surface area contributed by atoms with Crippen molar-refractivity contribution in [1.29, 1.82) is 0 Å². The molecule has 1 saturated carbocycles. The van der Waals surface area contributed by atoms with E-state index in [1.165, 1.54) is 37.4 Å². The summed E-state index contributed by atoms with van der Waals surface area (Å²) >= 11 is 0. The number of hydrogen-bond acceptors (Lipinski definition) is 5. The number of nitrogens with zero attached hydrogens (tertiary/aromatic N) is 1. The molecule has 0 amide bonds. The summed E-state index contributed by atoms with van der Waals surface area (Å²) in [5, 5.41) is 12.5. The highest BCUT2D eigenvalue weighted by molar-refractivity contribution is 6.06. The number of benzene rings is 2. The van der Waals surface area contributed by atoms with E-state index in [2.05, 4.69) is 0 Å². The molecule has 1 aliphatic carbocycles. The first-order valence-corrected chi connectivity index (χ1v) is 8.47. The second-order valence-electron chi connectivity index (χ2n) is 6.77. The van der Waals surface area contributed by atoms with Gasteiger partial charge in [-0.2, -0.15) is 0 Å². The van der Waals surface area contributed by atoms with Crippen LogP contribution >= 0.6 is 0 Å². The zero-order valence-corrected chi connectivity index (χ0v) is 14.7. The summed E-state index contributed by atoms with van der Waals surface area (Å²) in [6.07, 6.45) is -3.78. The average molecular weight is 387 g/mol. The molecule has 0 radical (unpaired) electrons. The van der Waals surface area contributed by atoms with Crippen LogP contribution in [0.3, 0.4) is 0 Å². The second-order valence-corrected chi connectivity index (χ2v) is 6.77. The summed E-state index contributed by atoms with van der Waals surface area (Å²) in [5.74, 6) is -0.775. The summed E-state index contributed by atoms with van der Waals surface area (Å²) in [4.78, 5) is 24.0. The van der Waals surface area contributed by atoms with Crippen LogP contribution < -0.4 is 4.74 Å². The van der Waals surface area contributed by atoms with Crippen LogP contribution in [0.15, 0.2) is 59.0 Å². The van der Waals surface area contributed by atoms with Crippen LogP contribution in [0.1, 0.15) is 22.5 Å². The van der Waals surface area contributed by atoms with Crippen LogP contribution in [-0.4, -0.2) is 29.8 Å². The number of Topliss-reactive ketones (excluding diaryl/α,β-unsaturated/α-hetero) is 1. The normalized spacial score (nSPS) is 23.7. The van der Waals surface area contributed by atoms with Gasteiger partial charge in [0.2, 0.25) is 5.78 Å². The van der Waals surface area contributed by atoms with Gasteiger partial charge >= 0.3 is 5.54 Å². The number of methoxy groups -OCH3 is 1. The van der Waals surface area contributed by atoms with Crippen molar-refractivity contribution < 1.29 is 27.7 Å². The topological polar surface area (TPSA) is 82.6 Å². The average Bonchev–Trinajstić information content (AvgIpc) is 3.25. The fourth-order valence-corrected chi connectivity index (χ4v) is 3.79. The van der Waals surface area contributed by atoms with E-state index in [0.717, 1.165) is 0 Å². The van der Waals surface area contributed by atoms with E-state index in [1.54, 1.807) is 24.3 Å². The molecule has 0 N–H and O–H groups in total. The third-order valence-corrected chi connectivity index (χ3v) is 5.42. The Balaban J connectivity index is 1.84. The molecule has 2 aromatic carbocycles. The van der Waals surface area contributed by atoms with Gasteiger partial charge in [0.05, 0.1) is 13.5 Å².